The number of nitrogens with zero attached hydrogens (tertiary/aromatic N) is 1. The molecule has 2 amide bonds. The van der Waals surface area contributed by atoms with Crippen LogP contribution in [-0.4, -0.2) is 34.7 Å². The predicted molar refractivity (Wildman–Crippen MR) is 85.3 cm³/mol. The van der Waals surface area contributed by atoms with E-state index < -0.39 is 29.0 Å². The molecule has 0 aromatic heterocycles. The molecule has 23 heavy (non-hydrogen) atoms. The smallest absolute Gasteiger partial charge is 0.329 e. The maximum atomic E-state index is 13.8. The van der Waals surface area contributed by atoms with Crippen LogP contribution >= 0.6 is 23.4 Å². The Labute approximate surface area is 141 Å². The molecule has 0 radical (unpaired) electrons. The highest BCUT2D eigenvalue weighted by atomic mass is 35.5. The van der Waals surface area contributed by atoms with Gasteiger partial charge in [0.05, 0.1) is 16.5 Å². The molecule has 5 nitrogen and oxygen atoms in total. The molecular weight excluding hydrogens is 345 g/mol. The highest BCUT2D eigenvalue weighted by molar-refractivity contribution is 8.18. The first-order chi connectivity index (χ1) is 10.9. The van der Waals surface area contributed by atoms with Gasteiger partial charge < -0.3 is 4.74 Å². The van der Waals surface area contributed by atoms with E-state index >= 15 is 0 Å². The van der Waals surface area contributed by atoms with Crippen molar-refractivity contribution < 1.29 is 23.5 Å². The zero-order valence-corrected chi connectivity index (χ0v) is 13.9. The van der Waals surface area contributed by atoms with Gasteiger partial charge >= 0.3 is 5.97 Å². The lowest BCUT2D eigenvalue weighted by atomic mass is 10.2. The van der Waals surface area contributed by atoms with Crippen LogP contribution in [0.5, 0.6) is 0 Å². The van der Waals surface area contributed by atoms with Crippen LogP contribution in [-0.2, 0) is 14.3 Å². The van der Waals surface area contributed by atoms with E-state index in [2.05, 4.69) is 0 Å². The fourth-order valence-electron chi connectivity index (χ4n) is 1.96. The van der Waals surface area contributed by atoms with Gasteiger partial charge in [-0.3, -0.25) is 14.5 Å². The Morgan fingerprint density at radius 1 is 1.48 bits per heavy atom. The number of hydrogen-bond donors (Lipinski definition) is 0. The molecule has 2 rings (SSSR count). The Morgan fingerprint density at radius 2 is 2.17 bits per heavy atom. The Bertz CT molecular complexity index is 686. The minimum atomic E-state index is -1.05. The Hall–Kier alpha value is -1.86. The summed E-state index contributed by atoms with van der Waals surface area (Å²) >= 11 is 6.53. The van der Waals surface area contributed by atoms with E-state index in [-0.39, 0.29) is 22.1 Å². The van der Waals surface area contributed by atoms with E-state index in [9.17, 15) is 18.8 Å². The van der Waals surface area contributed by atoms with Gasteiger partial charge in [-0.25, -0.2) is 9.18 Å². The van der Waals surface area contributed by atoms with E-state index in [4.69, 9.17) is 16.3 Å². The van der Waals surface area contributed by atoms with E-state index in [1.165, 1.54) is 31.2 Å². The van der Waals surface area contributed by atoms with Gasteiger partial charge in [0.1, 0.15) is 11.9 Å². The average molecular weight is 358 g/mol. The lowest BCUT2D eigenvalue weighted by Crippen LogP contribution is -2.42. The fraction of sp³-hybridized carbons (Fsp3) is 0.267. The number of hydrogen-bond acceptors (Lipinski definition) is 5. The van der Waals surface area contributed by atoms with Crippen molar-refractivity contribution in [3.63, 3.8) is 0 Å². The summed E-state index contributed by atoms with van der Waals surface area (Å²) in [4.78, 5) is 36.8. The van der Waals surface area contributed by atoms with Crippen LogP contribution in [0.25, 0.3) is 6.08 Å². The van der Waals surface area contributed by atoms with E-state index in [0.717, 1.165) is 4.90 Å². The minimum absolute atomic E-state index is 0.00171. The number of carbonyl (C=O) groups excluding carboxylic acids is 3. The molecule has 0 unspecified atom stereocenters. The van der Waals surface area contributed by atoms with Crippen molar-refractivity contribution >= 4 is 46.6 Å². The number of amides is 2. The molecule has 1 fully saturated rings. The van der Waals surface area contributed by atoms with Gasteiger partial charge in [0.15, 0.2) is 0 Å². The Kier molecular flexibility index (Phi) is 5.43. The standard InChI is InChI=1S/C15H13ClFNO4S/c1-3-22-14(20)8(2)18-13(19)12(23-15(18)21)7-9-10(16)5-4-6-11(9)17/h4-8H,3H2,1-2H3/b12-7+/t8-/m1/s1. The lowest BCUT2D eigenvalue weighted by Gasteiger charge is -2.19. The maximum Gasteiger partial charge on any atom is 0.329 e. The molecule has 1 aromatic rings. The van der Waals surface area contributed by atoms with Crippen molar-refractivity contribution in [2.45, 2.75) is 19.9 Å². The number of imide groups is 1. The van der Waals surface area contributed by atoms with Gasteiger partial charge in [-0.1, -0.05) is 17.7 Å². The number of carbonyl (C=O) groups is 3. The molecule has 0 aliphatic carbocycles. The summed E-state index contributed by atoms with van der Waals surface area (Å²) in [6.45, 7) is 3.16. The summed E-state index contributed by atoms with van der Waals surface area (Å²) in [7, 11) is 0. The number of rotatable bonds is 4. The highest BCUT2D eigenvalue weighted by Gasteiger charge is 2.41. The van der Waals surface area contributed by atoms with Gasteiger partial charge in [-0.05, 0) is 43.8 Å². The van der Waals surface area contributed by atoms with Crippen molar-refractivity contribution in [3.05, 3.63) is 39.5 Å². The van der Waals surface area contributed by atoms with Crippen molar-refractivity contribution in [2.75, 3.05) is 6.61 Å². The van der Waals surface area contributed by atoms with E-state index in [1.807, 2.05) is 0 Å². The summed E-state index contributed by atoms with van der Waals surface area (Å²) in [6.07, 6.45) is 1.21. The van der Waals surface area contributed by atoms with Crippen LogP contribution in [0.3, 0.4) is 0 Å². The molecule has 8 heteroatoms. The molecule has 1 aliphatic rings. The van der Waals surface area contributed by atoms with E-state index in [1.54, 1.807) is 6.92 Å². The zero-order chi connectivity index (χ0) is 17.1. The van der Waals surface area contributed by atoms with Crippen molar-refractivity contribution in [2.24, 2.45) is 0 Å². The Morgan fingerprint density at radius 3 is 2.78 bits per heavy atom. The first-order valence-electron chi connectivity index (χ1n) is 6.74. The second-order valence-corrected chi connectivity index (χ2v) is 6.02. The lowest BCUT2D eigenvalue weighted by molar-refractivity contribution is -0.150. The third-order valence-corrected chi connectivity index (χ3v) is 4.33. The van der Waals surface area contributed by atoms with E-state index in [0.29, 0.717) is 11.8 Å². The Balaban J connectivity index is 2.31. The predicted octanol–water partition coefficient (Wildman–Crippen LogP) is 3.47. The summed E-state index contributed by atoms with van der Waals surface area (Å²) in [5.74, 6) is -1.97. The molecule has 1 aliphatic heterocycles. The monoisotopic (exact) mass is 357 g/mol. The van der Waals surface area contributed by atoms with Crippen LogP contribution in [0, 0.1) is 5.82 Å². The number of halogens is 2. The van der Waals surface area contributed by atoms with Gasteiger partial charge in [0.25, 0.3) is 11.1 Å². The molecule has 122 valence electrons. The second kappa shape index (κ2) is 7.14. The van der Waals surface area contributed by atoms with Crippen LogP contribution in [0.15, 0.2) is 23.1 Å². The second-order valence-electron chi connectivity index (χ2n) is 4.62. The van der Waals surface area contributed by atoms with Crippen LogP contribution in [0.1, 0.15) is 19.4 Å². The molecule has 1 saturated heterocycles. The highest BCUT2D eigenvalue weighted by Crippen LogP contribution is 2.35. The van der Waals surface area contributed by atoms with Crippen LogP contribution in [0.2, 0.25) is 5.02 Å². The fourth-order valence-corrected chi connectivity index (χ4v) is 3.07. The SMILES string of the molecule is CCOC(=O)[C@@H](C)N1C(=O)S/C(=C/c2c(F)cccc2Cl)C1=O. The number of thioether (sulfide) groups is 1. The van der Waals surface area contributed by atoms with Crippen molar-refractivity contribution in [1.29, 1.82) is 0 Å². The quantitative estimate of drug-likeness (QED) is 0.610. The average Bonchev–Trinajstić information content (AvgIpc) is 2.77. The molecular formula is C15H13ClFNO4S. The molecule has 0 N–H and O–H groups in total. The summed E-state index contributed by atoms with van der Waals surface area (Å²) in [5.41, 5.74) is 0.0171. The third-order valence-electron chi connectivity index (χ3n) is 3.11. The first kappa shape index (κ1) is 17.5. The molecule has 0 bridgehead atoms. The van der Waals surface area contributed by atoms with Gasteiger partial charge in [0.2, 0.25) is 0 Å². The summed E-state index contributed by atoms with van der Waals surface area (Å²) in [5, 5.41) is -0.496. The van der Waals surface area contributed by atoms with Crippen LogP contribution in [0.4, 0.5) is 9.18 Å². The van der Waals surface area contributed by atoms with Gasteiger partial charge in [-0.15, -0.1) is 0 Å². The third kappa shape index (κ3) is 3.56. The molecule has 0 saturated carbocycles. The minimum Gasteiger partial charge on any atom is -0.464 e. The number of ether oxygens (including phenoxy) is 1. The summed E-state index contributed by atoms with van der Waals surface area (Å²) in [6, 6.07) is 3.05. The topological polar surface area (TPSA) is 63.7 Å². The van der Waals surface area contributed by atoms with Crippen molar-refractivity contribution in [1.82, 2.24) is 4.90 Å². The normalized spacial score (nSPS) is 17.7. The maximum absolute atomic E-state index is 13.8. The number of benzene rings is 1. The molecule has 1 heterocycles. The van der Waals surface area contributed by atoms with Gasteiger partial charge in [-0.2, -0.15) is 0 Å². The molecule has 0 spiro atoms. The summed E-state index contributed by atoms with van der Waals surface area (Å²) < 4.78 is 18.6. The molecule has 1 aromatic carbocycles. The van der Waals surface area contributed by atoms with Crippen LogP contribution < -0.4 is 0 Å². The zero-order valence-electron chi connectivity index (χ0n) is 12.3. The molecule has 1 atom stereocenters. The van der Waals surface area contributed by atoms with Crippen molar-refractivity contribution in [3.8, 4) is 0 Å². The first-order valence-corrected chi connectivity index (χ1v) is 7.94. The number of esters is 1. The largest absolute Gasteiger partial charge is 0.464 e. The van der Waals surface area contributed by atoms with Gasteiger partial charge in [0, 0.05) is 5.56 Å².